The van der Waals surface area contributed by atoms with Gasteiger partial charge in [-0.05, 0) is 42.5 Å². The lowest BCUT2D eigenvalue weighted by Crippen LogP contribution is -1.84. The highest BCUT2D eigenvalue weighted by Gasteiger charge is 2.05. The molecular formula is C14H7FN2S. The highest BCUT2D eigenvalue weighted by atomic mass is 32.2. The summed E-state index contributed by atoms with van der Waals surface area (Å²) in [6.07, 6.45) is 0. The lowest BCUT2D eigenvalue weighted by molar-refractivity contribution is 0.626. The molecule has 0 saturated heterocycles. The lowest BCUT2D eigenvalue weighted by atomic mass is 10.1. The van der Waals surface area contributed by atoms with E-state index in [1.807, 2.05) is 6.07 Å². The van der Waals surface area contributed by atoms with Gasteiger partial charge in [-0.3, -0.25) is 0 Å². The maximum absolute atomic E-state index is 12.8. The SMILES string of the molecule is N#Cc1ccc(Sc2ccc(F)cc2)c(C#N)c1. The second kappa shape index (κ2) is 5.35. The van der Waals surface area contributed by atoms with E-state index in [2.05, 4.69) is 6.07 Å². The number of hydrogen-bond acceptors (Lipinski definition) is 3. The maximum atomic E-state index is 12.8. The first-order chi connectivity index (χ1) is 8.72. The van der Waals surface area contributed by atoms with Crippen LogP contribution in [0, 0.1) is 28.5 Å². The molecule has 0 aromatic heterocycles. The molecule has 2 nitrogen and oxygen atoms in total. The lowest BCUT2D eigenvalue weighted by Gasteiger charge is -2.04. The summed E-state index contributed by atoms with van der Waals surface area (Å²) in [5.41, 5.74) is 0.901. The minimum absolute atomic E-state index is 0.292. The van der Waals surface area contributed by atoms with Crippen LogP contribution in [0.5, 0.6) is 0 Å². The molecule has 0 heterocycles. The van der Waals surface area contributed by atoms with E-state index in [0.29, 0.717) is 11.1 Å². The van der Waals surface area contributed by atoms with Gasteiger partial charge >= 0.3 is 0 Å². The maximum Gasteiger partial charge on any atom is 0.123 e. The predicted molar refractivity (Wildman–Crippen MR) is 66.4 cm³/mol. The molecule has 0 spiro atoms. The van der Waals surface area contributed by atoms with Gasteiger partial charge in [0.25, 0.3) is 0 Å². The van der Waals surface area contributed by atoms with E-state index in [4.69, 9.17) is 10.5 Å². The zero-order valence-electron chi connectivity index (χ0n) is 9.22. The van der Waals surface area contributed by atoms with Crippen molar-refractivity contribution >= 4 is 11.8 Å². The fourth-order valence-corrected chi connectivity index (χ4v) is 2.28. The molecule has 0 unspecified atom stereocenters. The predicted octanol–water partition coefficient (Wildman–Crippen LogP) is 3.72. The van der Waals surface area contributed by atoms with Gasteiger partial charge in [-0.1, -0.05) is 11.8 Å². The molecule has 0 N–H and O–H groups in total. The molecule has 4 heteroatoms. The minimum atomic E-state index is -0.292. The van der Waals surface area contributed by atoms with Gasteiger partial charge in [-0.15, -0.1) is 0 Å². The van der Waals surface area contributed by atoms with Gasteiger partial charge in [-0.2, -0.15) is 10.5 Å². The summed E-state index contributed by atoms with van der Waals surface area (Å²) in [5.74, 6) is -0.292. The summed E-state index contributed by atoms with van der Waals surface area (Å²) in [6.45, 7) is 0. The molecular weight excluding hydrogens is 247 g/mol. The smallest absolute Gasteiger partial charge is 0.123 e. The molecule has 0 aliphatic rings. The Hall–Kier alpha value is -2.30. The largest absolute Gasteiger partial charge is 0.207 e. The van der Waals surface area contributed by atoms with E-state index in [0.717, 1.165) is 9.79 Å². The average molecular weight is 254 g/mol. The van der Waals surface area contributed by atoms with Gasteiger partial charge in [0.05, 0.1) is 17.2 Å². The quantitative estimate of drug-likeness (QED) is 0.820. The molecule has 0 atom stereocenters. The summed E-state index contributed by atoms with van der Waals surface area (Å²) < 4.78 is 12.8. The van der Waals surface area contributed by atoms with Crippen LogP contribution in [0.4, 0.5) is 4.39 Å². The van der Waals surface area contributed by atoms with Crippen molar-refractivity contribution in [3.63, 3.8) is 0 Å². The van der Waals surface area contributed by atoms with Gasteiger partial charge in [0, 0.05) is 9.79 Å². The van der Waals surface area contributed by atoms with Crippen LogP contribution in [-0.4, -0.2) is 0 Å². The van der Waals surface area contributed by atoms with Crippen LogP contribution in [-0.2, 0) is 0 Å². The minimum Gasteiger partial charge on any atom is -0.207 e. The molecule has 0 aliphatic carbocycles. The van der Waals surface area contributed by atoms with Crippen LogP contribution in [0.25, 0.3) is 0 Å². The van der Waals surface area contributed by atoms with Crippen LogP contribution in [0.15, 0.2) is 52.3 Å². The van der Waals surface area contributed by atoms with E-state index in [9.17, 15) is 4.39 Å². The standard InChI is InChI=1S/C14H7FN2S/c15-12-2-4-13(5-3-12)18-14-6-1-10(8-16)7-11(14)9-17/h1-7H. The number of halogens is 1. The first kappa shape index (κ1) is 12.2. The van der Waals surface area contributed by atoms with Crippen molar-refractivity contribution in [1.82, 2.24) is 0 Å². The molecule has 2 rings (SSSR count). The second-order valence-corrected chi connectivity index (χ2v) is 4.61. The fourth-order valence-electron chi connectivity index (χ4n) is 1.41. The molecule has 0 bridgehead atoms. The third-order valence-electron chi connectivity index (χ3n) is 2.27. The Bertz CT molecular complexity index is 651. The zero-order chi connectivity index (χ0) is 13.0. The van der Waals surface area contributed by atoms with Gasteiger partial charge in [0.1, 0.15) is 11.9 Å². The Morgan fingerprint density at radius 3 is 2.28 bits per heavy atom. The Balaban J connectivity index is 2.32. The Kier molecular flexibility index (Phi) is 3.62. The average Bonchev–Trinajstić information content (AvgIpc) is 2.41. The first-order valence-electron chi connectivity index (χ1n) is 5.10. The Morgan fingerprint density at radius 1 is 0.944 bits per heavy atom. The Labute approximate surface area is 108 Å². The summed E-state index contributed by atoms with van der Waals surface area (Å²) >= 11 is 1.37. The van der Waals surface area contributed by atoms with Crippen LogP contribution in [0.2, 0.25) is 0 Å². The van der Waals surface area contributed by atoms with Crippen molar-refractivity contribution in [3.8, 4) is 12.1 Å². The van der Waals surface area contributed by atoms with Gasteiger partial charge in [0.15, 0.2) is 0 Å². The molecule has 86 valence electrons. The first-order valence-corrected chi connectivity index (χ1v) is 5.92. The van der Waals surface area contributed by atoms with Crippen molar-refractivity contribution in [1.29, 1.82) is 10.5 Å². The number of rotatable bonds is 2. The molecule has 18 heavy (non-hydrogen) atoms. The monoisotopic (exact) mass is 254 g/mol. The third kappa shape index (κ3) is 2.68. The van der Waals surface area contributed by atoms with Crippen molar-refractivity contribution in [2.75, 3.05) is 0 Å². The van der Waals surface area contributed by atoms with E-state index in [1.165, 1.54) is 23.9 Å². The number of benzene rings is 2. The molecule has 2 aromatic rings. The normalized spacial score (nSPS) is 9.50. The zero-order valence-corrected chi connectivity index (χ0v) is 10.0. The molecule has 2 aromatic carbocycles. The fraction of sp³-hybridized carbons (Fsp3) is 0. The summed E-state index contributed by atoms with van der Waals surface area (Å²) in [4.78, 5) is 1.60. The molecule has 0 saturated carbocycles. The summed E-state index contributed by atoms with van der Waals surface area (Å²) in [7, 11) is 0. The summed E-state index contributed by atoms with van der Waals surface area (Å²) in [5, 5.41) is 17.8. The highest BCUT2D eigenvalue weighted by molar-refractivity contribution is 7.99. The van der Waals surface area contributed by atoms with Crippen LogP contribution >= 0.6 is 11.8 Å². The third-order valence-corrected chi connectivity index (χ3v) is 3.35. The molecule has 0 radical (unpaired) electrons. The van der Waals surface area contributed by atoms with E-state index in [1.54, 1.807) is 30.3 Å². The second-order valence-electron chi connectivity index (χ2n) is 3.49. The Morgan fingerprint density at radius 2 is 1.67 bits per heavy atom. The molecule has 0 fully saturated rings. The number of nitrogens with zero attached hydrogens (tertiary/aromatic N) is 2. The van der Waals surface area contributed by atoms with E-state index >= 15 is 0 Å². The number of hydrogen-bond donors (Lipinski definition) is 0. The van der Waals surface area contributed by atoms with E-state index < -0.39 is 0 Å². The van der Waals surface area contributed by atoms with Crippen molar-refractivity contribution in [3.05, 3.63) is 59.4 Å². The highest BCUT2D eigenvalue weighted by Crippen LogP contribution is 2.30. The van der Waals surface area contributed by atoms with Crippen LogP contribution in [0.3, 0.4) is 0 Å². The van der Waals surface area contributed by atoms with Gasteiger partial charge in [0.2, 0.25) is 0 Å². The van der Waals surface area contributed by atoms with Gasteiger partial charge in [-0.25, -0.2) is 4.39 Å². The van der Waals surface area contributed by atoms with Crippen molar-refractivity contribution < 1.29 is 4.39 Å². The van der Waals surface area contributed by atoms with Crippen LogP contribution in [0.1, 0.15) is 11.1 Å². The molecule has 0 amide bonds. The van der Waals surface area contributed by atoms with Gasteiger partial charge < -0.3 is 0 Å². The van der Waals surface area contributed by atoms with Crippen LogP contribution < -0.4 is 0 Å². The topological polar surface area (TPSA) is 47.6 Å². The van der Waals surface area contributed by atoms with E-state index in [-0.39, 0.29) is 5.82 Å². The van der Waals surface area contributed by atoms with Crippen molar-refractivity contribution in [2.24, 2.45) is 0 Å². The molecule has 0 aliphatic heterocycles. The number of nitriles is 2. The van der Waals surface area contributed by atoms with Crippen molar-refractivity contribution in [2.45, 2.75) is 9.79 Å². The summed E-state index contributed by atoms with van der Waals surface area (Å²) in [6, 6.07) is 15.0.